The number of anilines is 1. The summed E-state index contributed by atoms with van der Waals surface area (Å²) in [5.41, 5.74) is 2.11. The normalized spacial score (nSPS) is 11.5. The van der Waals surface area contributed by atoms with Crippen molar-refractivity contribution >= 4 is 17.6 Å². The highest BCUT2D eigenvalue weighted by Crippen LogP contribution is 2.20. The number of carbonyl (C=O) groups excluding carboxylic acids is 2. The van der Waals surface area contributed by atoms with E-state index in [1.807, 2.05) is 36.4 Å². The lowest BCUT2D eigenvalue weighted by atomic mass is 10.1. The summed E-state index contributed by atoms with van der Waals surface area (Å²) in [5, 5.41) is 13.9. The quantitative estimate of drug-likeness (QED) is 0.369. The number of hydrogen-bond donors (Lipinski definition) is 1. The molecule has 8 nitrogen and oxygen atoms in total. The van der Waals surface area contributed by atoms with Gasteiger partial charge in [-0.05, 0) is 52.4 Å². The molecule has 0 saturated heterocycles. The van der Waals surface area contributed by atoms with Crippen molar-refractivity contribution in [3.8, 4) is 5.75 Å². The number of benzene rings is 3. The fraction of sp³-hybridized carbons (Fsp3) is 0.0870. The van der Waals surface area contributed by atoms with Gasteiger partial charge in [-0.1, -0.05) is 48.5 Å². The van der Waals surface area contributed by atoms with Crippen molar-refractivity contribution in [2.24, 2.45) is 0 Å². The van der Waals surface area contributed by atoms with Crippen LogP contribution >= 0.6 is 0 Å². The summed E-state index contributed by atoms with van der Waals surface area (Å²) in [6.45, 7) is 0. The molecule has 4 rings (SSSR count). The first-order chi connectivity index (χ1) is 15.2. The van der Waals surface area contributed by atoms with Crippen LogP contribution in [0.25, 0.3) is 0 Å². The molecular weight excluding hydrogens is 394 g/mol. The molecule has 1 N–H and O–H groups in total. The van der Waals surface area contributed by atoms with Crippen LogP contribution in [0.15, 0.2) is 91.3 Å². The van der Waals surface area contributed by atoms with E-state index >= 15 is 0 Å². The van der Waals surface area contributed by atoms with Crippen molar-refractivity contribution in [1.29, 1.82) is 0 Å². The second-order valence-electron chi connectivity index (χ2n) is 6.76. The summed E-state index contributed by atoms with van der Waals surface area (Å²) in [4.78, 5) is 25.1. The van der Waals surface area contributed by atoms with E-state index in [-0.39, 0.29) is 5.91 Å². The first-order valence-electron chi connectivity index (χ1n) is 9.63. The van der Waals surface area contributed by atoms with E-state index in [1.54, 1.807) is 48.5 Å². The minimum atomic E-state index is -0.713. The molecule has 0 fully saturated rings. The van der Waals surface area contributed by atoms with Gasteiger partial charge in [-0.2, -0.15) is 0 Å². The van der Waals surface area contributed by atoms with Crippen LogP contribution in [0.1, 0.15) is 22.0 Å². The molecule has 4 aromatic rings. The molecule has 0 bridgehead atoms. The lowest BCUT2D eigenvalue weighted by Gasteiger charge is -2.15. The van der Waals surface area contributed by atoms with E-state index in [9.17, 15) is 9.59 Å². The standard InChI is InChI=1S/C23H19N5O3/c29-22(18-9-5-2-6-10-18)25-19-11-13-20(14-12-19)31-23(30)21(28-16-24-26-27-28)15-17-7-3-1-4-8-17/h1-14,16,21H,15H2,(H,25,29). The molecule has 154 valence electrons. The minimum Gasteiger partial charge on any atom is -0.425 e. The topological polar surface area (TPSA) is 99.0 Å². The van der Waals surface area contributed by atoms with Gasteiger partial charge in [0.25, 0.3) is 5.91 Å². The highest BCUT2D eigenvalue weighted by Gasteiger charge is 2.24. The van der Waals surface area contributed by atoms with Crippen molar-refractivity contribution in [2.75, 3.05) is 5.32 Å². The van der Waals surface area contributed by atoms with E-state index in [1.165, 1.54) is 11.0 Å². The lowest BCUT2D eigenvalue weighted by molar-refractivity contribution is -0.138. The third-order valence-corrected chi connectivity index (χ3v) is 4.59. The highest BCUT2D eigenvalue weighted by molar-refractivity contribution is 6.04. The number of ether oxygens (including phenoxy) is 1. The van der Waals surface area contributed by atoms with Crippen molar-refractivity contribution in [2.45, 2.75) is 12.5 Å². The molecule has 1 amide bonds. The second kappa shape index (κ2) is 9.45. The van der Waals surface area contributed by atoms with Crippen molar-refractivity contribution in [1.82, 2.24) is 20.2 Å². The summed E-state index contributed by atoms with van der Waals surface area (Å²) in [5.74, 6) is -0.349. The SMILES string of the molecule is O=C(Nc1ccc(OC(=O)C(Cc2ccccc2)n2cnnn2)cc1)c1ccccc1. The maximum atomic E-state index is 12.9. The first kappa shape index (κ1) is 20.0. The van der Waals surface area contributed by atoms with Crippen LogP contribution in [0, 0.1) is 0 Å². The fourth-order valence-electron chi connectivity index (χ4n) is 3.02. The third kappa shape index (κ3) is 5.18. The maximum Gasteiger partial charge on any atom is 0.336 e. The molecule has 0 aliphatic rings. The van der Waals surface area contributed by atoms with Gasteiger partial charge in [0.1, 0.15) is 12.1 Å². The Balaban J connectivity index is 1.43. The van der Waals surface area contributed by atoms with Gasteiger partial charge in [-0.15, -0.1) is 5.10 Å². The number of carbonyl (C=O) groups is 2. The monoisotopic (exact) mass is 413 g/mol. The average Bonchev–Trinajstić information content (AvgIpc) is 3.34. The number of nitrogens with one attached hydrogen (secondary N) is 1. The Hall–Kier alpha value is -4.33. The molecule has 31 heavy (non-hydrogen) atoms. The minimum absolute atomic E-state index is 0.216. The van der Waals surface area contributed by atoms with Crippen LogP contribution < -0.4 is 10.1 Å². The lowest BCUT2D eigenvalue weighted by Crippen LogP contribution is -2.27. The van der Waals surface area contributed by atoms with Gasteiger partial charge in [0.15, 0.2) is 6.04 Å². The molecule has 0 aliphatic carbocycles. The zero-order valence-electron chi connectivity index (χ0n) is 16.5. The summed E-state index contributed by atoms with van der Waals surface area (Å²) >= 11 is 0. The third-order valence-electron chi connectivity index (χ3n) is 4.59. The van der Waals surface area contributed by atoms with Crippen LogP contribution in [-0.2, 0) is 11.2 Å². The molecule has 1 unspecified atom stereocenters. The van der Waals surface area contributed by atoms with Crippen LogP contribution in [0.5, 0.6) is 5.75 Å². The Bertz CT molecular complexity index is 1130. The van der Waals surface area contributed by atoms with Crippen molar-refractivity contribution in [3.05, 3.63) is 102 Å². The van der Waals surface area contributed by atoms with Gasteiger partial charge in [-0.25, -0.2) is 9.48 Å². The Morgan fingerprint density at radius 2 is 1.58 bits per heavy atom. The molecule has 0 saturated carbocycles. The van der Waals surface area contributed by atoms with E-state index in [4.69, 9.17) is 4.74 Å². The zero-order valence-corrected chi connectivity index (χ0v) is 16.5. The van der Waals surface area contributed by atoms with Crippen LogP contribution in [0.3, 0.4) is 0 Å². The Morgan fingerprint density at radius 3 is 2.23 bits per heavy atom. The number of esters is 1. The number of rotatable bonds is 7. The summed E-state index contributed by atoms with van der Waals surface area (Å²) in [6, 6.07) is 24.4. The molecule has 3 aromatic carbocycles. The number of nitrogens with zero attached hydrogens (tertiary/aromatic N) is 4. The summed E-state index contributed by atoms with van der Waals surface area (Å²) in [6.07, 6.45) is 1.77. The van der Waals surface area contributed by atoms with Gasteiger partial charge < -0.3 is 10.1 Å². The van der Waals surface area contributed by atoms with Gasteiger partial charge >= 0.3 is 5.97 Å². The van der Waals surface area contributed by atoms with Crippen LogP contribution in [-0.4, -0.2) is 32.1 Å². The van der Waals surface area contributed by atoms with E-state index in [0.717, 1.165) is 5.56 Å². The summed E-state index contributed by atoms with van der Waals surface area (Å²) < 4.78 is 6.93. The second-order valence-corrected chi connectivity index (χ2v) is 6.76. The molecule has 1 aromatic heterocycles. The van der Waals surface area contributed by atoms with Crippen molar-refractivity contribution < 1.29 is 14.3 Å². The Morgan fingerprint density at radius 1 is 0.903 bits per heavy atom. The first-order valence-corrected chi connectivity index (χ1v) is 9.63. The van der Waals surface area contributed by atoms with E-state index in [2.05, 4.69) is 20.8 Å². The van der Waals surface area contributed by atoms with Crippen molar-refractivity contribution in [3.63, 3.8) is 0 Å². The molecule has 8 heteroatoms. The number of hydrogen-bond acceptors (Lipinski definition) is 6. The van der Waals surface area contributed by atoms with E-state index in [0.29, 0.717) is 23.4 Å². The van der Waals surface area contributed by atoms with E-state index < -0.39 is 12.0 Å². The average molecular weight is 413 g/mol. The Kier molecular flexibility index (Phi) is 6.08. The van der Waals surface area contributed by atoms with Gasteiger partial charge in [0, 0.05) is 17.7 Å². The number of amides is 1. The van der Waals surface area contributed by atoms with Gasteiger partial charge in [0.2, 0.25) is 0 Å². The predicted octanol–water partition coefficient (Wildman–Crippen LogP) is 3.31. The highest BCUT2D eigenvalue weighted by atomic mass is 16.5. The molecular formula is C23H19N5O3. The molecule has 0 spiro atoms. The summed E-state index contributed by atoms with van der Waals surface area (Å²) in [7, 11) is 0. The number of aromatic nitrogens is 4. The molecule has 1 heterocycles. The smallest absolute Gasteiger partial charge is 0.336 e. The molecule has 1 atom stereocenters. The fourth-order valence-corrected chi connectivity index (χ4v) is 3.02. The largest absolute Gasteiger partial charge is 0.425 e. The maximum absolute atomic E-state index is 12.9. The zero-order chi connectivity index (χ0) is 21.5. The number of tetrazole rings is 1. The van der Waals surface area contributed by atoms with Crippen LogP contribution in [0.2, 0.25) is 0 Å². The van der Waals surface area contributed by atoms with Crippen LogP contribution in [0.4, 0.5) is 5.69 Å². The van der Waals surface area contributed by atoms with Gasteiger partial charge in [0.05, 0.1) is 0 Å². The predicted molar refractivity (Wildman–Crippen MR) is 113 cm³/mol. The molecule has 0 aliphatic heterocycles. The van der Waals surface area contributed by atoms with Gasteiger partial charge in [-0.3, -0.25) is 4.79 Å². The molecule has 0 radical (unpaired) electrons. The Labute approximate surface area is 178 Å².